The molecule has 0 saturated heterocycles. The van der Waals surface area contributed by atoms with Gasteiger partial charge in [0.05, 0.1) is 0 Å². The van der Waals surface area contributed by atoms with Gasteiger partial charge in [-0.15, -0.1) is 0 Å². The van der Waals surface area contributed by atoms with Gasteiger partial charge in [-0.2, -0.15) is 0 Å². The molecular formula is C16H30N2O. The van der Waals surface area contributed by atoms with Crippen molar-refractivity contribution in [3.63, 3.8) is 0 Å². The van der Waals surface area contributed by atoms with Crippen molar-refractivity contribution < 1.29 is 4.79 Å². The van der Waals surface area contributed by atoms with Crippen LogP contribution in [0.5, 0.6) is 0 Å². The molecule has 0 bridgehead atoms. The van der Waals surface area contributed by atoms with Crippen molar-refractivity contribution in [2.75, 3.05) is 7.05 Å². The van der Waals surface area contributed by atoms with Crippen molar-refractivity contribution >= 4 is 5.91 Å². The molecule has 2 unspecified atom stereocenters. The van der Waals surface area contributed by atoms with E-state index in [1.165, 1.54) is 32.1 Å². The number of carbonyl (C=O) groups is 1. The number of amides is 1. The summed E-state index contributed by atoms with van der Waals surface area (Å²) in [4.78, 5) is 14.6. The summed E-state index contributed by atoms with van der Waals surface area (Å²) in [5, 5.41) is 0. The third-order valence-electron chi connectivity index (χ3n) is 5.35. The van der Waals surface area contributed by atoms with Crippen LogP contribution in [0.25, 0.3) is 0 Å². The van der Waals surface area contributed by atoms with Gasteiger partial charge in [-0.3, -0.25) is 4.79 Å². The molecule has 110 valence electrons. The van der Waals surface area contributed by atoms with Gasteiger partial charge in [0.15, 0.2) is 0 Å². The van der Waals surface area contributed by atoms with Crippen LogP contribution in [0.4, 0.5) is 0 Å². The first-order chi connectivity index (χ1) is 9.11. The maximum absolute atomic E-state index is 12.6. The number of nitrogens with zero attached hydrogens (tertiary/aromatic N) is 1. The van der Waals surface area contributed by atoms with E-state index in [0.717, 1.165) is 31.6 Å². The second-order valence-corrected chi connectivity index (χ2v) is 6.66. The molecule has 2 N–H and O–H groups in total. The Bertz CT molecular complexity index is 297. The number of hydrogen-bond donors (Lipinski definition) is 1. The molecule has 2 aliphatic rings. The van der Waals surface area contributed by atoms with Gasteiger partial charge < -0.3 is 10.6 Å². The Balaban J connectivity index is 1.85. The van der Waals surface area contributed by atoms with Crippen LogP contribution in [0.1, 0.15) is 64.7 Å². The van der Waals surface area contributed by atoms with Crippen LogP contribution in [0.2, 0.25) is 0 Å². The van der Waals surface area contributed by atoms with E-state index in [1.54, 1.807) is 0 Å². The minimum absolute atomic E-state index is 0.192. The van der Waals surface area contributed by atoms with Gasteiger partial charge in [0.2, 0.25) is 5.91 Å². The van der Waals surface area contributed by atoms with E-state index in [0.29, 0.717) is 11.9 Å². The Kier molecular flexibility index (Phi) is 5.26. The summed E-state index contributed by atoms with van der Waals surface area (Å²) >= 11 is 0. The van der Waals surface area contributed by atoms with Gasteiger partial charge in [-0.25, -0.2) is 0 Å². The minimum atomic E-state index is 0.192. The van der Waals surface area contributed by atoms with E-state index in [2.05, 4.69) is 11.8 Å². The highest BCUT2D eigenvalue weighted by Gasteiger charge is 2.32. The fraction of sp³-hybridized carbons (Fsp3) is 0.938. The zero-order chi connectivity index (χ0) is 13.8. The molecular weight excluding hydrogens is 236 g/mol. The molecule has 0 aliphatic heterocycles. The van der Waals surface area contributed by atoms with Crippen molar-refractivity contribution in [1.29, 1.82) is 0 Å². The lowest BCUT2D eigenvalue weighted by Gasteiger charge is -2.37. The molecule has 0 heterocycles. The summed E-state index contributed by atoms with van der Waals surface area (Å²) in [7, 11) is 2.01. The topological polar surface area (TPSA) is 46.3 Å². The van der Waals surface area contributed by atoms with Gasteiger partial charge in [-0.05, 0) is 50.9 Å². The fourth-order valence-corrected chi connectivity index (χ4v) is 3.86. The summed E-state index contributed by atoms with van der Waals surface area (Å²) in [6, 6.07) is 0.723. The van der Waals surface area contributed by atoms with Crippen molar-refractivity contribution in [3.8, 4) is 0 Å². The van der Waals surface area contributed by atoms with Crippen molar-refractivity contribution in [3.05, 3.63) is 0 Å². The average Bonchev–Trinajstić information content (AvgIpc) is 2.46. The number of nitrogens with two attached hydrogens (primary N) is 1. The fourth-order valence-electron chi connectivity index (χ4n) is 3.86. The van der Waals surface area contributed by atoms with Gasteiger partial charge in [0.1, 0.15) is 0 Å². The third kappa shape index (κ3) is 3.71. The predicted molar refractivity (Wildman–Crippen MR) is 78.7 cm³/mol. The first kappa shape index (κ1) is 14.8. The highest BCUT2D eigenvalue weighted by molar-refractivity contribution is 5.79. The normalized spacial score (nSPS) is 35.9. The standard InChI is InChI=1S/C16H30N2O/c1-3-12-7-9-15(10-8-12)18(2)16(19)13-5-4-6-14(17)11-13/h12-15H,3-11,17H2,1-2H3. The zero-order valence-electron chi connectivity index (χ0n) is 12.6. The zero-order valence-corrected chi connectivity index (χ0v) is 12.6. The Morgan fingerprint density at radius 1 is 1.16 bits per heavy atom. The molecule has 0 aromatic heterocycles. The Morgan fingerprint density at radius 3 is 2.42 bits per heavy atom. The van der Waals surface area contributed by atoms with E-state index in [9.17, 15) is 4.79 Å². The van der Waals surface area contributed by atoms with Gasteiger partial charge in [0.25, 0.3) is 0 Å². The van der Waals surface area contributed by atoms with E-state index in [1.807, 2.05) is 7.05 Å². The molecule has 3 nitrogen and oxygen atoms in total. The van der Waals surface area contributed by atoms with Gasteiger partial charge in [-0.1, -0.05) is 19.8 Å². The first-order valence-corrected chi connectivity index (χ1v) is 8.14. The molecule has 19 heavy (non-hydrogen) atoms. The Labute approximate surface area is 117 Å². The second kappa shape index (κ2) is 6.74. The molecule has 0 spiro atoms. The highest BCUT2D eigenvalue weighted by Crippen LogP contribution is 2.31. The summed E-state index contributed by atoms with van der Waals surface area (Å²) in [5.41, 5.74) is 6.01. The van der Waals surface area contributed by atoms with E-state index < -0.39 is 0 Å². The summed E-state index contributed by atoms with van der Waals surface area (Å²) < 4.78 is 0. The first-order valence-electron chi connectivity index (χ1n) is 8.14. The quantitative estimate of drug-likeness (QED) is 0.853. The van der Waals surface area contributed by atoms with Gasteiger partial charge >= 0.3 is 0 Å². The smallest absolute Gasteiger partial charge is 0.225 e. The Morgan fingerprint density at radius 2 is 1.84 bits per heavy atom. The van der Waals surface area contributed by atoms with Crippen molar-refractivity contribution in [2.45, 2.75) is 76.8 Å². The molecule has 2 fully saturated rings. The number of rotatable bonds is 3. The van der Waals surface area contributed by atoms with Crippen LogP contribution < -0.4 is 5.73 Å². The lowest BCUT2D eigenvalue weighted by molar-refractivity contribution is -0.138. The van der Waals surface area contributed by atoms with Crippen LogP contribution in [0.3, 0.4) is 0 Å². The molecule has 2 aliphatic carbocycles. The maximum atomic E-state index is 12.6. The van der Waals surface area contributed by atoms with Crippen LogP contribution in [0.15, 0.2) is 0 Å². The van der Waals surface area contributed by atoms with Crippen LogP contribution in [-0.2, 0) is 4.79 Å². The number of hydrogen-bond acceptors (Lipinski definition) is 2. The van der Waals surface area contributed by atoms with Crippen LogP contribution >= 0.6 is 0 Å². The van der Waals surface area contributed by atoms with Crippen LogP contribution in [-0.4, -0.2) is 29.9 Å². The SMILES string of the molecule is CCC1CCC(N(C)C(=O)C2CCCC(N)C2)CC1. The van der Waals surface area contributed by atoms with Crippen LogP contribution in [0, 0.1) is 11.8 Å². The van der Waals surface area contributed by atoms with E-state index >= 15 is 0 Å². The molecule has 0 aromatic rings. The molecule has 2 rings (SSSR count). The Hall–Kier alpha value is -0.570. The molecule has 3 heteroatoms. The summed E-state index contributed by atoms with van der Waals surface area (Å²) in [5.74, 6) is 1.44. The maximum Gasteiger partial charge on any atom is 0.225 e. The van der Waals surface area contributed by atoms with E-state index in [4.69, 9.17) is 5.73 Å². The highest BCUT2D eigenvalue weighted by atomic mass is 16.2. The van der Waals surface area contributed by atoms with Gasteiger partial charge in [0, 0.05) is 25.0 Å². The molecule has 1 amide bonds. The monoisotopic (exact) mass is 266 g/mol. The largest absolute Gasteiger partial charge is 0.343 e. The number of carbonyl (C=O) groups excluding carboxylic acids is 1. The van der Waals surface area contributed by atoms with Crippen molar-refractivity contribution in [2.24, 2.45) is 17.6 Å². The lowest BCUT2D eigenvalue weighted by Crippen LogP contribution is -2.44. The molecule has 0 radical (unpaired) electrons. The molecule has 2 atom stereocenters. The summed E-state index contributed by atoms with van der Waals surface area (Å²) in [6.45, 7) is 2.28. The minimum Gasteiger partial charge on any atom is -0.343 e. The second-order valence-electron chi connectivity index (χ2n) is 6.66. The molecule has 2 saturated carbocycles. The molecule has 0 aromatic carbocycles. The lowest BCUT2D eigenvalue weighted by atomic mass is 9.82. The predicted octanol–water partition coefficient (Wildman–Crippen LogP) is 2.93. The average molecular weight is 266 g/mol. The van der Waals surface area contributed by atoms with E-state index in [-0.39, 0.29) is 12.0 Å². The van der Waals surface area contributed by atoms with Crippen molar-refractivity contribution in [1.82, 2.24) is 4.90 Å². The summed E-state index contributed by atoms with van der Waals surface area (Å²) in [6.07, 6.45) is 10.4. The third-order valence-corrected chi connectivity index (χ3v) is 5.35.